The Bertz CT molecular complexity index is 553. The normalized spacial score (nSPS) is 27.5. The van der Waals surface area contributed by atoms with Gasteiger partial charge in [-0.15, -0.1) is 24.8 Å². The monoisotopic (exact) mass is 387 g/mol. The Kier molecular flexibility index (Phi) is 8.52. The highest BCUT2D eigenvalue weighted by Crippen LogP contribution is 2.41. The number of nitrogens with one attached hydrogen (secondary N) is 1. The highest BCUT2D eigenvalue weighted by Gasteiger charge is 2.40. The molecule has 2 aliphatic rings. The highest BCUT2D eigenvalue weighted by atomic mass is 35.5. The molecule has 0 aliphatic heterocycles. The van der Waals surface area contributed by atoms with Crippen LogP contribution in [0, 0.1) is 17.8 Å². The van der Waals surface area contributed by atoms with Gasteiger partial charge in [-0.05, 0) is 49.1 Å². The van der Waals surface area contributed by atoms with Crippen LogP contribution in [0.25, 0.3) is 0 Å². The van der Waals surface area contributed by atoms with E-state index in [1.165, 1.54) is 24.8 Å². The van der Waals surface area contributed by atoms with Crippen LogP contribution in [0.3, 0.4) is 0 Å². The van der Waals surface area contributed by atoms with Gasteiger partial charge in [-0.25, -0.2) is 0 Å². The van der Waals surface area contributed by atoms with Crippen molar-refractivity contribution >= 4 is 36.4 Å². The Labute approximate surface area is 163 Å². The molecular weight excluding hydrogens is 357 g/mol. The second kappa shape index (κ2) is 9.65. The molecule has 2 bridgehead atoms. The van der Waals surface area contributed by atoms with Crippen LogP contribution in [0.1, 0.15) is 37.7 Å². The van der Waals surface area contributed by atoms with Crippen molar-refractivity contribution in [2.45, 2.75) is 44.7 Å². The molecule has 0 heterocycles. The molecule has 1 aromatic carbocycles. The van der Waals surface area contributed by atoms with E-state index in [4.69, 9.17) is 5.73 Å². The van der Waals surface area contributed by atoms with Crippen LogP contribution in [0.15, 0.2) is 24.3 Å². The van der Waals surface area contributed by atoms with Crippen LogP contribution in [0.4, 0.5) is 5.69 Å². The van der Waals surface area contributed by atoms with Gasteiger partial charge >= 0.3 is 0 Å². The summed E-state index contributed by atoms with van der Waals surface area (Å²) in [5, 5.41) is 3.16. The summed E-state index contributed by atoms with van der Waals surface area (Å²) >= 11 is 0. The van der Waals surface area contributed by atoms with Gasteiger partial charge in [-0.2, -0.15) is 0 Å². The quantitative estimate of drug-likeness (QED) is 0.832. The van der Waals surface area contributed by atoms with Gasteiger partial charge in [0.05, 0.1) is 0 Å². The zero-order valence-corrected chi connectivity index (χ0v) is 16.7. The van der Waals surface area contributed by atoms with E-state index in [-0.39, 0.29) is 36.6 Å². The molecule has 2 saturated carbocycles. The van der Waals surface area contributed by atoms with Crippen molar-refractivity contribution in [3.63, 3.8) is 0 Å². The minimum Gasteiger partial charge on any atom is -0.377 e. The molecule has 142 valence electrons. The Morgan fingerprint density at radius 2 is 1.76 bits per heavy atom. The lowest BCUT2D eigenvalue weighted by molar-refractivity contribution is -0.128. The maximum absolute atomic E-state index is 12.6. The van der Waals surface area contributed by atoms with Gasteiger partial charge < -0.3 is 16.0 Å². The predicted molar refractivity (Wildman–Crippen MR) is 109 cm³/mol. The number of carbonyl (C=O) groups is 1. The summed E-state index contributed by atoms with van der Waals surface area (Å²) in [5.41, 5.74) is 8.66. The Morgan fingerprint density at radius 1 is 1.16 bits per heavy atom. The van der Waals surface area contributed by atoms with Gasteiger partial charge in [0, 0.05) is 38.3 Å². The van der Waals surface area contributed by atoms with E-state index in [0.717, 1.165) is 18.5 Å². The molecule has 4 nitrogen and oxygen atoms in total. The van der Waals surface area contributed by atoms with Crippen molar-refractivity contribution in [3.8, 4) is 0 Å². The van der Waals surface area contributed by atoms with Crippen LogP contribution in [0.2, 0.25) is 0 Å². The molecule has 2 atom stereocenters. The van der Waals surface area contributed by atoms with E-state index in [1.807, 2.05) is 26.2 Å². The number of nitrogens with two attached hydrogens (primary N) is 1. The second-order valence-corrected chi connectivity index (χ2v) is 7.44. The summed E-state index contributed by atoms with van der Waals surface area (Å²) in [6.07, 6.45) is 5.63. The van der Waals surface area contributed by atoms with Crippen LogP contribution in [0.5, 0.6) is 0 Å². The lowest BCUT2D eigenvalue weighted by Crippen LogP contribution is -2.49. The maximum Gasteiger partial charge on any atom is 0.223 e. The summed E-state index contributed by atoms with van der Waals surface area (Å²) in [4.78, 5) is 14.7. The van der Waals surface area contributed by atoms with Crippen molar-refractivity contribution in [1.29, 1.82) is 0 Å². The molecule has 1 aromatic rings. The van der Waals surface area contributed by atoms with Gasteiger partial charge in [0.2, 0.25) is 5.91 Å². The van der Waals surface area contributed by atoms with Gasteiger partial charge in [-0.3, -0.25) is 4.79 Å². The molecule has 0 saturated heterocycles. The van der Waals surface area contributed by atoms with Crippen molar-refractivity contribution in [1.82, 2.24) is 5.32 Å². The third-order valence-corrected chi connectivity index (χ3v) is 5.71. The number of anilines is 1. The number of hydrogen-bond acceptors (Lipinski definition) is 3. The first-order chi connectivity index (χ1) is 11.1. The molecule has 2 aliphatic carbocycles. The zero-order chi connectivity index (χ0) is 16.4. The minimum atomic E-state index is 0. The van der Waals surface area contributed by atoms with Gasteiger partial charge in [0.15, 0.2) is 0 Å². The summed E-state index contributed by atoms with van der Waals surface area (Å²) in [6, 6.07) is 8.55. The Balaban J connectivity index is 0.00000156. The summed E-state index contributed by atoms with van der Waals surface area (Å²) < 4.78 is 0. The number of rotatable bonds is 4. The number of halogens is 2. The molecule has 2 unspecified atom stereocenters. The first-order valence-electron chi connectivity index (χ1n) is 8.84. The second-order valence-electron chi connectivity index (χ2n) is 7.44. The number of amides is 1. The van der Waals surface area contributed by atoms with Crippen LogP contribution < -0.4 is 16.0 Å². The van der Waals surface area contributed by atoms with Gasteiger partial charge in [0.25, 0.3) is 0 Å². The highest BCUT2D eigenvalue weighted by molar-refractivity contribution is 5.85. The maximum atomic E-state index is 12.6. The largest absolute Gasteiger partial charge is 0.377 e. The fraction of sp³-hybridized carbons (Fsp3) is 0.632. The predicted octanol–water partition coefficient (Wildman–Crippen LogP) is 3.37. The molecule has 6 heteroatoms. The number of carbonyl (C=O) groups excluding carboxylic acids is 1. The van der Waals surface area contributed by atoms with E-state index in [0.29, 0.717) is 24.4 Å². The van der Waals surface area contributed by atoms with E-state index in [9.17, 15) is 4.79 Å². The molecule has 1 amide bonds. The van der Waals surface area contributed by atoms with E-state index < -0.39 is 0 Å². The lowest BCUT2D eigenvalue weighted by Gasteiger charge is -2.43. The van der Waals surface area contributed by atoms with Crippen LogP contribution in [-0.4, -0.2) is 26.0 Å². The van der Waals surface area contributed by atoms with Crippen LogP contribution in [-0.2, 0) is 11.3 Å². The summed E-state index contributed by atoms with van der Waals surface area (Å²) in [6.45, 7) is 0.602. The topological polar surface area (TPSA) is 58.4 Å². The lowest BCUT2D eigenvalue weighted by atomic mass is 9.65. The standard InChI is InChI=1S/C19H29N3O.2ClH/c1-22(2)17-9-4-3-6-15(17)12-21-19(23)16-10-13-7-5-8-14(11-16)18(13)20;;/h3-4,6,9,13-14,16,18H,5,7-8,10-12,20H2,1-2H3,(H,21,23);2*1H. The SMILES string of the molecule is CN(C)c1ccccc1CNC(=O)C1CC2CCCC(C1)C2N.Cl.Cl. The Hall–Kier alpha value is -0.970. The van der Waals surface area contributed by atoms with Crippen LogP contribution >= 0.6 is 24.8 Å². The molecule has 2 fully saturated rings. The average Bonchev–Trinajstić information content (AvgIpc) is 2.52. The zero-order valence-electron chi connectivity index (χ0n) is 15.1. The third kappa shape index (κ3) is 5.02. The van der Waals surface area contributed by atoms with E-state index in [2.05, 4.69) is 22.3 Å². The number of benzene rings is 1. The first-order valence-corrected chi connectivity index (χ1v) is 8.84. The number of hydrogen-bond donors (Lipinski definition) is 2. The van der Waals surface area contributed by atoms with Gasteiger partial charge in [-0.1, -0.05) is 24.6 Å². The molecule has 0 spiro atoms. The smallest absolute Gasteiger partial charge is 0.223 e. The van der Waals surface area contributed by atoms with Crippen molar-refractivity contribution in [2.24, 2.45) is 23.5 Å². The van der Waals surface area contributed by atoms with Crippen molar-refractivity contribution in [3.05, 3.63) is 29.8 Å². The molecule has 3 rings (SSSR count). The minimum absolute atomic E-state index is 0. The molecule has 0 radical (unpaired) electrons. The summed E-state index contributed by atoms with van der Waals surface area (Å²) in [7, 11) is 4.06. The van der Waals surface area contributed by atoms with Crippen molar-refractivity contribution < 1.29 is 4.79 Å². The molecule has 25 heavy (non-hydrogen) atoms. The summed E-state index contributed by atoms with van der Waals surface area (Å²) in [5.74, 6) is 1.46. The fourth-order valence-corrected chi connectivity index (χ4v) is 4.43. The third-order valence-electron chi connectivity index (χ3n) is 5.71. The number of para-hydroxylation sites is 1. The Morgan fingerprint density at radius 3 is 2.36 bits per heavy atom. The van der Waals surface area contributed by atoms with Crippen molar-refractivity contribution in [2.75, 3.05) is 19.0 Å². The van der Waals surface area contributed by atoms with Gasteiger partial charge in [0.1, 0.15) is 0 Å². The molecular formula is C19H31Cl2N3O. The number of fused-ring (bicyclic) bond motifs is 2. The van der Waals surface area contributed by atoms with E-state index in [1.54, 1.807) is 0 Å². The molecule has 3 N–H and O–H groups in total. The van der Waals surface area contributed by atoms with E-state index >= 15 is 0 Å². The fourth-order valence-electron chi connectivity index (χ4n) is 4.43. The number of nitrogens with zero attached hydrogens (tertiary/aromatic N) is 1. The first kappa shape index (κ1) is 22.1. The molecule has 0 aromatic heterocycles. The average molecular weight is 388 g/mol.